The van der Waals surface area contributed by atoms with E-state index >= 15 is 0 Å². The fourth-order valence-corrected chi connectivity index (χ4v) is 1.49. The zero-order chi connectivity index (χ0) is 12.1. The third-order valence-electron chi connectivity index (χ3n) is 2.34. The highest BCUT2D eigenvalue weighted by Crippen LogP contribution is 2.03. The summed E-state index contributed by atoms with van der Waals surface area (Å²) < 4.78 is 1.64. The van der Waals surface area contributed by atoms with Gasteiger partial charge in [-0.25, -0.2) is 14.6 Å². The minimum atomic E-state index is 0.664. The van der Waals surface area contributed by atoms with E-state index in [1.807, 2.05) is 12.3 Å². The zero-order valence-corrected chi connectivity index (χ0v) is 10.2. The molecule has 0 unspecified atom stereocenters. The van der Waals surface area contributed by atoms with Gasteiger partial charge in [-0.3, -0.25) is 0 Å². The van der Waals surface area contributed by atoms with E-state index in [1.54, 1.807) is 11.0 Å². The zero-order valence-electron chi connectivity index (χ0n) is 10.2. The first-order valence-corrected chi connectivity index (χ1v) is 5.76. The highest BCUT2D eigenvalue weighted by atomic mass is 15.3. The molecule has 1 N–H and O–H groups in total. The van der Waals surface area contributed by atoms with Gasteiger partial charge in [-0.15, -0.1) is 0 Å². The Bertz CT molecular complexity index is 432. The van der Waals surface area contributed by atoms with Crippen molar-refractivity contribution in [2.24, 2.45) is 5.92 Å². The molecular formula is C12H17N5. The molecule has 0 spiro atoms. The van der Waals surface area contributed by atoms with Gasteiger partial charge in [0, 0.05) is 12.7 Å². The third kappa shape index (κ3) is 3.35. The van der Waals surface area contributed by atoms with Gasteiger partial charge in [0.1, 0.15) is 12.7 Å². The Morgan fingerprint density at radius 3 is 2.82 bits per heavy atom. The number of hydrogen-bond acceptors (Lipinski definition) is 4. The summed E-state index contributed by atoms with van der Waals surface area (Å²) in [6, 6.07) is 4.00. The van der Waals surface area contributed by atoms with Crippen molar-refractivity contribution in [1.29, 1.82) is 0 Å². The SMILES string of the molecule is CC(C)CNCc1ccc(-n2cncn2)nc1. The van der Waals surface area contributed by atoms with Gasteiger partial charge in [0.25, 0.3) is 0 Å². The lowest BCUT2D eigenvalue weighted by Crippen LogP contribution is -2.19. The second-order valence-corrected chi connectivity index (χ2v) is 4.39. The molecule has 2 aromatic rings. The smallest absolute Gasteiger partial charge is 0.155 e. The van der Waals surface area contributed by atoms with Gasteiger partial charge in [-0.1, -0.05) is 19.9 Å². The van der Waals surface area contributed by atoms with Crippen LogP contribution in [0.5, 0.6) is 0 Å². The molecule has 0 radical (unpaired) electrons. The number of aromatic nitrogens is 4. The van der Waals surface area contributed by atoms with E-state index in [9.17, 15) is 0 Å². The summed E-state index contributed by atoms with van der Waals surface area (Å²) in [5.74, 6) is 1.45. The number of hydrogen-bond donors (Lipinski definition) is 1. The highest BCUT2D eigenvalue weighted by Gasteiger charge is 1.99. The molecule has 0 bridgehead atoms. The lowest BCUT2D eigenvalue weighted by atomic mass is 10.2. The molecule has 0 saturated heterocycles. The van der Waals surface area contributed by atoms with E-state index in [4.69, 9.17) is 0 Å². The highest BCUT2D eigenvalue weighted by molar-refractivity contribution is 5.23. The molecule has 5 heteroatoms. The minimum Gasteiger partial charge on any atom is -0.312 e. The second-order valence-electron chi connectivity index (χ2n) is 4.39. The Labute approximate surface area is 101 Å². The molecular weight excluding hydrogens is 214 g/mol. The Morgan fingerprint density at radius 2 is 2.24 bits per heavy atom. The van der Waals surface area contributed by atoms with Crippen molar-refractivity contribution in [2.45, 2.75) is 20.4 Å². The monoisotopic (exact) mass is 231 g/mol. The Kier molecular flexibility index (Phi) is 3.82. The van der Waals surface area contributed by atoms with Crippen LogP contribution in [0.2, 0.25) is 0 Å². The van der Waals surface area contributed by atoms with E-state index in [-0.39, 0.29) is 0 Å². The van der Waals surface area contributed by atoms with Gasteiger partial charge in [0.05, 0.1) is 0 Å². The van der Waals surface area contributed by atoms with Gasteiger partial charge < -0.3 is 5.32 Å². The van der Waals surface area contributed by atoms with Gasteiger partial charge in [0.2, 0.25) is 0 Å². The summed E-state index contributed by atoms with van der Waals surface area (Å²) in [5.41, 5.74) is 1.18. The van der Waals surface area contributed by atoms with E-state index < -0.39 is 0 Å². The van der Waals surface area contributed by atoms with Crippen molar-refractivity contribution in [3.05, 3.63) is 36.5 Å². The van der Waals surface area contributed by atoms with Crippen LogP contribution in [0.1, 0.15) is 19.4 Å². The fraction of sp³-hybridized carbons (Fsp3) is 0.417. The summed E-state index contributed by atoms with van der Waals surface area (Å²) in [6.07, 6.45) is 5.00. The van der Waals surface area contributed by atoms with Crippen molar-refractivity contribution in [1.82, 2.24) is 25.1 Å². The summed E-state index contributed by atoms with van der Waals surface area (Å²) >= 11 is 0. The topological polar surface area (TPSA) is 55.6 Å². The first kappa shape index (κ1) is 11.7. The number of nitrogens with zero attached hydrogens (tertiary/aromatic N) is 4. The molecule has 2 aromatic heterocycles. The van der Waals surface area contributed by atoms with Crippen LogP contribution in [0.25, 0.3) is 5.82 Å². The molecule has 90 valence electrons. The van der Waals surface area contributed by atoms with Gasteiger partial charge in [-0.05, 0) is 24.1 Å². The standard InChI is InChI=1S/C12H17N5/c1-10(2)5-13-6-11-3-4-12(15-7-11)17-9-14-8-16-17/h3-4,7-10,13H,5-6H2,1-2H3. The van der Waals surface area contributed by atoms with Crippen LogP contribution in [0.3, 0.4) is 0 Å². The first-order valence-electron chi connectivity index (χ1n) is 5.76. The van der Waals surface area contributed by atoms with Crippen molar-refractivity contribution in [3.8, 4) is 5.82 Å². The Morgan fingerprint density at radius 1 is 1.35 bits per heavy atom. The van der Waals surface area contributed by atoms with E-state index in [0.29, 0.717) is 5.92 Å². The maximum absolute atomic E-state index is 4.34. The maximum atomic E-state index is 4.34. The van der Waals surface area contributed by atoms with Crippen LogP contribution in [0.4, 0.5) is 0 Å². The van der Waals surface area contributed by atoms with Crippen LogP contribution in [-0.2, 0) is 6.54 Å². The molecule has 0 aliphatic carbocycles. The molecule has 5 nitrogen and oxygen atoms in total. The van der Waals surface area contributed by atoms with Crippen molar-refractivity contribution in [3.63, 3.8) is 0 Å². The summed E-state index contributed by atoms with van der Waals surface area (Å²) in [7, 11) is 0. The third-order valence-corrected chi connectivity index (χ3v) is 2.34. The van der Waals surface area contributed by atoms with Crippen LogP contribution < -0.4 is 5.32 Å². The molecule has 17 heavy (non-hydrogen) atoms. The average Bonchev–Trinajstić information content (AvgIpc) is 2.83. The normalized spacial score (nSPS) is 11.0. The lowest BCUT2D eigenvalue weighted by Gasteiger charge is -2.07. The summed E-state index contributed by atoms with van der Waals surface area (Å²) in [6.45, 7) is 6.26. The number of pyridine rings is 1. The van der Waals surface area contributed by atoms with Crippen LogP contribution in [-0.4, -0.2) is 26.3 Å². The van der Waals surface area contributed by atoms with E-state index in [0.717, 1.165) is 18.9 Å². The predicted molar refractivity (Wildman–Crippen MR) is 65.7 cm³/mol. The fourth-order valence-electron chi connectivity index (χ4n) is 1.49. The van der Waals surface area contributed by atoms with Crippen molar-refractivity contribution >= 4 is 0 Å². The van der Waals surface area contributed by atoms with Crippen molar-refractivity contribution < 1.29 is 0 Å². The van der Waals surface area contributed by atoms with Crippen LogP contribution >= 0.6 is 0 Å². The van der Waals surface area contributed by atoms with Crippen molar-refractivity contribution in [2.75, 3.05) is 6.54 Å². The molecule has 2 heterocycles. The van der Waals surface area contributed by atoms with E-state index in [1.165, 1.54) is 11.9 Å². The maximum Gasteiger partial charge on any atom is 0.155 e. The van der Waals surface area contributed by atoms with Gasteiger partial charge >= 0.3 is 0 Å². The quantitative estimate of drug-likeness (QED) is 0.845. The second kappa shape index (κ2) is 5.54. The van der Waals surface area contributed by atoms with Crippen LogP contribution in [0.15, 0.2) is 31.0 Å². The average molecular weight is 231 g/mol. The minimum absolute atomic E-state index is 0.664. The van der Waals surface area contributed by atoms with Gasteiger partial charge in [0.15, 0.2) is 5.82 Å². The van der Waals surface area contributed by atoms with Crippen LogP contribution in [0, 0.1) is 5.92 Å². The number of nitrogens with one attached hydrogen (secondary N) is 1. The van der Waals surface area contributed by atoms with Gasteiger partial charge in [-0.2, -0.15) is 5.10 Å². The summed E-state index contributed by atoms with van der Waals surface area (Å²) in [5, 5.41) is 7.41. The Hall–Kier alpha value is -1.75. The first-order chi connectivity index (χ1) is 8.25. The summed E-state index contributed by atoms with van der Waals surface area (Å²) in [4.78, 5) is 8.23. The molecule has 0 saturated carbocycles. The molecule has 0 aromatic carbocycles. The lowest BCUT2D eigenvalue weighted by molar-refractivity contribution is 0.552. The van der Waals surface area contributed by atoms with E-state index in [2.05, 4.69) is 40.3 Å². The predicted octanol–water partition coefficient (Wildman–Crippen LogP) is 1.41. The molecule has 2 rings (SSSR count). The molecule has 0 fully saturated rings. The largest absolute Gasteiger partial charge is 0.312 e. The molecule has 0 aliphatic rings. The molecule has 0 aliphatic heterocycles. The Balaban J connectivity index is 1.94. The number of rotatable bonds is 5. The molecule has 0 atom stereocenters. The molecule has 0 amide bonds.